The quantitative estimate of drug-likeness (QED) is 0.417. The van der Waals surface area contributed by atoms with Crippen molar-refractivity contribution in [3.05, 3.63) is 70.8 Å². The summed E-state index contributed by atoms with van der Waals surface area (Å²) in [5.74, 6) is -0.678. The van der Waals surface area contributed by atoms with Crippen LogP contribution in [0.15, 0.2) is 54.1 Å². The monoisotopic (exact) mass is 409 g/mol. The first kappa shape index (κ1) is 21.6. The number of rotatable bonds is 7. The average Bonchev–Trinajstić information content (AvgIpc) is 2.98. The highest BCUT2D eigenvalue weighted by Crippen LogP contribution is 2.39. The van der Waals surface area contributed by atoms with Crippen LogP contribution < -0.4 is 9.64 Å². The first-order valence-corrected chi connectivity index (χ1v) is 10.1. The zero-order valence-corrected chi connectivity index (χ0v) is 17.9. The molecule has 3 rings (SSSR count). The standard InChI is InChI=1S/C24H28N2O4/c1-16-15-18(11-12-19(16)30-4)22(27)20-21(17-9-6-5-7-10-17)26(24(29)23(20)28)14-8-13-25(2)3/h5-7,9-12,15,21,27H,8,13-14H2,1-4H3/p+1. The second-order valence-corrected chi connectivity index (χ2v) is 7.90. The van der Waals surface area contributed by atoms with Crippen LogP contribution >= 0.6 is 0 Å². The Labute approximate surface area is 177 Å². The maximum Gasteiger partial charge on any atom is 0.295 e. The first-order chi connectivity index (χ1) is 14.3. The van der Waals surface area contributed by atoms with Crippen LogP contribution in [0.2, 0.25) is 0 Å². The number of nitrogens with one attached hydrogen (secondary N) is 1. The number of benzene rings is 2. The van der Waals surface area contributed by atoms with Crippen molar-refractivity contribution < 1.29 is 24.3 Å². The molecule has 1 atom stereocenters. The second kappa shape index (κ2) is 9.13. The molecule has 2 aromatic carbocycles. The minimum Gasteiger partial charge on any atom is -0.507 e. The van der Waals surface area contributed by atoms with E-state index < -0.39 is 17.7 Å². The third-order valence-electron chi connectivity index (χ3n) is 5.40. The molecule has 1 fully saturated rings. The number of quaternary nitrogens is 1. The van der Waals surface area contributed by atoms with E-state index >= 15 is 0 Å². The van der Waals surface area contributed by atoms with Crippen molar-refractivity contribution in [2.45, 2.75) is 19.4 Å². The van der Waals surface area contributed by atoms with Crippen molar-refractivity contribution in [2.75, 3.05) is 34.3 Å². The SMILES string of the molecule is COc1ccc(C(O)=C2C(=O)C(=O)N(CCC[NH+](C)C)C2c2ccccc2)cc1C. The summed E-state index contributed by atoms with van der Waals surface area (Å²) in [5, 5.41) is 11.1. The maximum absolute atomic E-state index is 13.0. The highest BCUT2D eigenvalue weighted by atomic mass is 16.5. The highest BCUT2D eigenvalue weighted by molar-refractivity contribution is 6.46. The van der Waals surface area contributed by atoms with Crippen molar-refractivity contribution in [2.24, 2.45) is 0 Å². The number of ether oxygens (including phenoxy) is 1. The van der Waals surface area contributed by atoms with Gasteiger partial charge in [0.25, 0.3) is 11.7 Å². The molecule has 0 bridgehead atoms. The van der Waals surface area contributed by atoms with E-state index in [0.29, 0.717) is 17.9 Å². The molecule has 1 aliphatic heterocycles. The molecule has 0 aromatic heterocycles. The number of likely N-dealkylation sites (tertiary alicyclic amines) is 1. The van der Waals surface area contributed by atoms with Gasteiger partial charge in [-0.15, -0.1) is 0 Å². The number of methoxy groups -OCH3 is 1. The summed E-state index contributed by atoms with van der Waals surface area (Å²) in [5.41, 5.74) is 2.26. The van der Waals surface area contributed by atoms with Crippen LogP contribution in [0.1, 0.15) is 29.2 Å². The number of hydrogen-bond donors (Lipinski definition) is 2. The van der Waals surface area contributed by atoms with Gasteiger partial charge in [-0.3, -0.25) is 9.59 Å². The van der Waals surface area contributed by atoms with Crippen molar-refractivity contribution in [3.8, 4) is 5.75 Å². The lowest BCUT2D eigenvalue weighted by atomic mass is 9.95. The molecule has 0 saturated carbocycles. The molecule has 0 radical (unpaired) electrons. The van der Waals surface area contributed by atoms with Gasteiger partial charge in [-0.25, -0.2) is 0 Å². The van der Waals surface area contributed by atoms with Crippen molar-refractivity contribution >= 4 is 17.4 Å². The fraction of sp³-hybridized carbons (Fsp3) is 0.333. The van der Waals surface area contributed by atoms with Crippen LogP contribution in [0.4, 0.5) is 0 Å². The molecular formula is C24H29N2O4+. The Morgan fingerprint density at radius 2 is 1.83 bits per heavy atom. The maximum atomic E-state index is 13.0. The van der Waals surface area contributed by atoms with Gasteiger partial charge in [-0.1, -0.05) is 30.3 Å². The highest BCUT2D eigenvalue weighted by Gasteiger charge is 2.45. The molecule has 6 nitrogen and oxygen atoms in total. The number of nitrogens with zero attached hydrogens (tertiary/aromatic N) is 1. The van der Waals surface area contributed by atoms with E-state index in [2.05, 4.69) is 14.1 Å². The fourth-order valence-corrected chi connectivity index (χ4v) is 3.88. The summed E-state index contributed by atoms with van der Waals surface area (Å²) < 4.78 is 5.29. The first-order valence-electron chi connectivity index (χ1n) is 10.1. The number of Topliss-reactive ketones (excluding diaryl/α,β-unsaturated/α-hetero) is 1. The normalized spacial score (nSPS) is 18.3. The lowest BCUT2D eigenvalue weighted by Gasteiger charge is -2.25. The summed E-state index contributed by atoms with van der Waals surface area (Å²) >= 11 is 0. The smallest absolute Gasteiger partial charge is 0.295 e. The van der Waals surface area contributed by atoms with Crippen LogP contribution in [0.3, 0.4) is 0 Å². The van der Waals surface area contributed by atoms with E-state index in [1.807, 2.05) is 37.3 Å². The molecule has 0 aliphatic carbocycles. The molecular weight excluding hydrogens is 380 g/mol. The van der Waals surface area contributed by atoms with Gasteiger partial charge in [0.15, 0.2) is 0 Å². The third-order valence-corrected chi connectivity index (χ3v) is 5.40. The summed E-state index contributed by atoms with van der Waals surface area (Å²) in [4.78, 5) is 28.7. The van der Waals surface area contributed by atoms with Crippen LogP contribution in [0.25, 0.3) is 5.76 Å². The molecule has 2 N–H and O–H groups in total. The summed E-state index contributed by atoms with van der Waals surface area (Å²) in [6, 6.07) is 14.0. The zero-order chi connectivity index (χ0) is 21.8. The number of aliphatic hydroxyl groups excluding tert-OH is 1. The van der Waals surface area contributed by atoms with Crippen LogP contribution in [-0.4, -0.2) is 56.0 Å². The van der Waals surface area contributed by atoms with Gasteiger partial charge in [-0.05, 0) is 36.2 Å². The number of carbonyl (C=O) groups is 2. The summed E-state index contributed by atoms with van der Waals surface area (Å²) in [7, 11) is 5.68. The number of amides is 1. The second-order valence-electron chi connectivity index (χ2n) is 7.90. The van der Waals surface area contributed by atoms with Crippen molar-refractivity contribution in [1.29, 1.82) is 0 Å². The fourth-order valence-electron chi connectivity index (χ4n) is 3.88. The Morgan fingerprint density at radius 3 is 2.43 bits per heavy atom. The predicted octanol–water partition coefficient (Wildman–Crippen LogP) is 1.96. The van der Waals surface area contributed by atoms with Gasteiger partial charge in [-0.2, -0.15) is 0 Å². The minimum atomic E-state index is -0.646. The molecule has 1 heterocycles. The van der Waals surface area contributed by atoms with Gasteiger partial charge in [0.2, 0.25) is 0 Å². The van der Waals surface area contributed by atoms with E-state index in [-0.39, 0.29) is 11.3 Å². The molecule has 30 heavy (non-hydrogen) atoms. The third kappa shape index (κ3) is 4.24. The molecule has 2 aromatic rings. The summed E-state index contributed by atoms with van der Waals surface area (Å²) in [6.07, 6.45) is 0.764. The van der Waals surface area contributed by atoms with E-state index in [4.69, 9.17) is 4.74 Å². The Bertz CT molecular complexity index is 966. The molecule has 1 saturated heterocycles. The van der Waals surface area contributed by atoms with E-state index in [1.165, 1.54) is 4.90 Å². The van der Waals surface area contributed by atoms with E-state index in [1.54, 1.807) is 30.2 Å². The van der Waals surface area contributed by atoms with Gasteiger partial charge in [0.05, 0.1) is 39.4 Å². The van der Waals surface area contributed by atoms with Gasteiger partial charge < -0.3 is 19.6 Å². The lowest BCUT2D eigenvalue weighted by Crippen LogP contribution is -3.05. The van der Waals surface area contributed by atoms with Gasteiger partial charge in [0.1, 0.15) is 11.5 Å². The minimum absolute atomic E-state index is 0.132. The van der Waals surface area contributed by atoms with Gasteiger partial charge >= 0.3 is 0 Å². The van der Waals surface area contributed by atoms with Crippen LogP contribution in [-0.2, 0) is 9.59 Å². The Morgan fingerprint density at radius 1 is 1.13 bits per heavy atom. The number of aliphatic hydroxyl groups is 1. The topological polar surface area (TPSA) is 71.3 Å². The number of hydrogen-bond acceptors (Lipinski definition) is 4. The lowest BCUT2D eigenvalue weighted by molar-refractivity contribution is -0.858. The van der Waals surface area contributed by atoms with Crippen LogP contribution in [0.5, 0.6) is 5.75 Å². The number of carbonyl (C=O) groups excluding carboxylic acids is 2. The molecule has 6 heteroatoms. The zero-order valence-electron chi connectivity index (χ0n) is 17.9. The predicted molar refractivity (Wildman–Crippen MR) is 115 cm³/mol. The van der Waals surface area contributed by atoms with Crippen molar-refractivity contribution in [1.82, 2.24) is 4.90 Å². The molecule has 1 aliphatic rings. The molecule has 0 spiro atoms. The Balaban J connectivity index is 2.08. The summed E-state index contributed by atoms with van der Waals surface area (Å²) in [6.45, 7) is 3.20. The Hall–Kier alpha value is -3.12. The Kier molecular flexibility index (Phi) is 6.57. The molecule has 1 amide bonds. The van der Waals surface area contributed by atoms with Crippen molar-refractivity contribution in [3.63, 3.8) is 0 Å². The molecule has 158 valence electrons. The van der Waals surface area contributed by atoms with E-state index in [0.717, 1.165) is 24.1 Å². The van der Waals surface area contributed by atoms with Gasteiger partial charge in [0, 0.05) is 18.5 Å². The van der Waals surface area contributed by atoms with E-state index in [9.17, 15) is 14.7 Å². The number of ketones is 1. The largest absolute Gasteiger partial charge is 0.507 e. The molecule has 1 unspecified atom stereocenters. The number of aryl methyl sites for hydroxylation is 1. The average molecular weight is 410 g/mol. The van der Waals surface area contributed by atoms with Crippen LogP contribution in [0, 0.1) is 6.92 Å².